The molecule has 1 aromatic carbocycles. The molecular formula is C15H17FN2O2. The Balaban J connectivity index is 2.17. The Kier molecular flexibility index (Phi) is 4.57. The normalized spacial score (nSPS) is 18.4. The van der Waals surface area contributed by atoms with Gasteiger partial charge in [-0.2, -0.15) is 5.26 Å². The summed E-state index contributed by atoms with van der Waals surface area (Å²) in [6.45, 7) is 3.43. The fraction of sp³-hybridized carbons (Fsp3) is 0.467. The van der Waals surface area contributed by atoms with Crippen LogP contribution in [0.3, 0.4) is 0 Å². The zero-order valence-corrected chi connectivity index (χ0v) is 11.4. The molecule has 0 aromatic heterocycles. The molecule has 5 heteroatoms. The standard InChI is InChI=1S/C15H17FN2O2/c1-2-20-15(19)11-4-3-7-18(10-11)14-6-5-13(16)8-12(14)9-17/h5-6,8,11H,2-4,7,10H2,1H3. The van der Waals surface area contributed by atoms with Crippen molar-refractivity contribution in [3.63, 3.8) is 0 Å². The van der Waals surface area contributed by atoms with Gasteiger partial charge >= 0.3 is 5.97 Å². The lowest BCUT2D eigenvalue weighted by Gasteiger charge is -2.33. The molecule has 0 amide bonds. The summed E-state index contributed by atoms with van der Waals surface area (Å²) in [5.41, 5.74) is 0.984. The van der Waals surface area contributed by atoms with E-state index in [-0.39, 0.29) is 11.9 Å². The van der Waals surface area contributed by atoms with Crippen molar-refractivity contribution < 1.29 is 13.9 Å². The second-order valence-electron chi connectivity index (χ2n) is 4.81. The van der Waals surface area contributed by atoms with Gasteiger partial charge < -0.3 is 9.64 Å². The van der Waals surface area contributed by atoms with Crippen LogP contribution in [0.25, 0.3) is 0 Å². The molecule has 1 aromatic rings. The Bertz CT molecular complexity index is 539. The predicted octanol–water partition coefficient (Wildman–Crippen LogP) is 2.48. The average Bonchev–Trinajstić information content (AvgIpc) is 2.47. The van der Waals surface area contributed by atoms with Crippen LogP contribution in [-0.4, -0.2) is 25.7 Å². The maximum Gasteiger partial charge on any atom is 0.310 e. The van der Waals surface area contributed by atoms with Crippen LogP contribution in [0, 0.1) is 23.1 Å². The van der Waals surface area contributed by atoms with E-state index in [0.29, 0.717) is 24.4 Å². The number of anilines is 1. The van der Waals surface area contributed by atoms with Crippen LogP contribution in [0.4, 0.5) is 10.1 Å². The molecule has 0 N–H and O–H groups in total. The number of ether oxygens (including phenoxy) is 1. The number of benzene rings is 1. The number of nitriles is 1. The number of carbonyl (C=O) groups excluding carboxylic acids is 1. The zero-order chi connectivity index (χ0) is 14.5. The summed E-state index contributed by atoms with van der Waals surface area (Å²) < 4.78 is 18.2. The van der Waals surface area contributed by atoms with Crippen molar-refractivity contribution >= 4 is 11.7 Å². The van der Waals surface area contributed by atoms with Crippen LogP contribution in [0.5, 0.6) is 0 Å². The third kappa shape index (κ3) is 3.08. The molecule has 0 saturated carbocycles. The van der Waals surface area contributed by atoms with E-state index in [2.05, 4.69) is 0 Å². The highest BCUT2D eigenvalue weighted by molar-refractivity contribution is 5.74. The van der Waals surface area contributed by atoms with E-state index in [9.17, 15) is 9.18 Å². The third-order valence-electron chi connectivity index (χ3n) is 3.46. The highest BCUT2D eigenvalue weighted by Gasteiger charge is 2.28. The molecule has 1 atom stereocenters. The summed E-state index contributed by atoms with van der Waals surface area (Å²) in [6.07, 6.45) is 1.64. The molecule has 1 saturated heterocycles. The van der Waals surface area contributed by atoms with Gasteiger partial charge in [-0.05, 0) is 38.0 Å². The van der Waals surface area contributed by atoms with Crippen molar-refractivity contribution in [1.29, 1.82) is 5.26 Å². The molecule has 0 bridgehead atoms. The molecule has 4 nitrogen and oxygen atoms in total. The Labute approximate surface area is 117 Å². The molecule has 0 aliphatic carbocycles. The first-order valence-electron chi connectivity index (χ1n) is 6.77. The predicted molar refractivity (Wildman–Crippen MR) is 72.7 cm³/mol. The molecular weight excluding hydrogens is 259 g/mol. The zero-order valence-electron chi connectivity index (χ0n) is 11.4. The highest BCUT2D eigenvalue weighted by Crippen LogP contribution is 2.27. The lowest BCUT2D eigenvalue weighted by Crippen LogP contribution is -2.39. The quantitative estimate of drug-likeness (QED) is 0.796. The van der Waals surface area contributed by atoms with E-state index in [1.165, 1.54) is 12.1 Å². The van der Waals surface area contributed by atoms with Crippen LogP contribution in [0.15, 0.2) is 18.2 Å². The minimum atomic E-state index is -0.427. The summed E-state index contributed by atoms with van der Waals surface area (Å²) in [7, 11) is 0. The number of hydrogen-bond donors (Lipinski definition) is 0. The second-order valence-corrected chi connectivity index (χ2v) is 4.81. The first-order valence-corrected chi connectivity index (χ1v) is 6.77. The molecule has 1 aliphatic heterocycles. The fourth-order valence-corrected chi connectivity index (χ4v) is 2.52. The van der Waals surface area contributed by atoms with Crippen molar-refractivity contribution in [2.75, 3.05) is 24.6 Å². The monoisotopic (exact) mass is 276 g/mol. The third-order valence-corrected chi connectivity index (χ3v) is 3.46. The molecule has 106 valence electrons. The number of carbonyl (C=O) groups is 1. The van der Waals surface area contributed by atoms with Gasteiger partial charge in [0.15, 0.2) is 0 Å². The molecule has 20 heavy (non-hydrogen) atoms. The molecule has 1 fully saturated rings. The summed E-state index contributed by atoms with van der Waals surface area (Å²) in [4.78, 5) is 13.8. The van der Waals surface area contributed by atoms with Gasteiger partial charge in [0.2, 0.25) is 0 Å². The average molecular weight is 276 g/mol. The first kappa shape index (κ1) is 14.3. The summed E-state index contributed by atoms with van der Waals surface area (Å²) in [5, 5.41) is 9.10. The maximum absolute atomic E-state index is 13.2. The molecule has 1 aliphatic rings. The number of esters is 1. The highest BCUT2D eigenvalue weighted by atomic mass is 19.1. The number of piperidine rings is 1. The van der Waals surface area contributed by atoms with E-state index in [4.69, 9.17) is 10.00 Å². The van der Waals surface area contributed by atoms with Crippen LogP contribution < -0.4 is 4.90 Å². The molecule has 2 rings (SSSR count). The minimum Gasteiger partial charge on any atom is -0.466 e. The fourth-order valence-electron chi connectivity index (χ4n) is 2.52. The van der Waals surface area contributed by atoms with Crippen LogP contribution in [-0.2, 0) is 9.53 Å². The van der Waals surface area contributed by atoms with Gasteiger partial charge in [-0.1, -0.05) is 0 Å². The number of rotatable bonds is 3. The number of halogens is 1. The topological polar surface area (TPSA) is 53.3 Å². The lowest BCUT2D eigenvalue weighted by molar-refractivity contribution is -0.148. The van der Waals surface area contributed by atoms with E-state index >= 15 is 0 Å². The first-order chi connectivity index (χ1) is 9.65. The van der Waals surface area contributed by atoms with Gasteiger partial charge in [0, 0.05) is 13.1 Å². The number of hydrogen-bond acceptors (Lipinski definition) is 4. The van der Waals surface area contributed by atoms with Gasteiger partial charge in [0.25, 0.3) is 0 Å². The summed E-state index contributed by atoms with van der Waals surface area (Å²) >= 11 is 0. The molecule has 0 radical (unpaired) electrons. The number of nitrogens with zero attached hydrogens (tertiary/aromatic N) is 2. The maximum atomic E-state index is 13.2. The van der Waals surface area contributed by atoms with Crippen molar-refractivity contribution in [2.24, 2.45) is 5.92 Å². The molecule has 1 heterocycles. The molecule has 1 unspecified atom stereocenters. The lowest BCUT2D eigenvalue weighted by atomic mass is 9.97. The van der Waals surface area contributed by atoms with Gasteiger partial charge in [0.1, 0.15) is 11.9 Å². The van der Waals surface area contributed by atoms with E-state index in [1.54, 1.807) is 13.0 Å². The van der Waals surface area contributed by atoms with E-state index in [1.807, 2.05) is 11.0 Å². The van der Waals surface area contributed by atoms with Crippen molar-refractivity contribution in [1.82, 2.24) is 0 Å². The van der Waals surface area contributed by atoms with Gasteiger partial charge in [-0.3, -0.25) is 4.79 Å². The van der Waals surface area contributed by atoms with Crippen molar-refractivity contribution in [2.45, 2.75) is 19.8 Å². The van der Waals surface area contributed by atoms with Crippen LogP contribution >= 0.6 is 0 Å². The van der Waals surface area contributed by atoms with Gasteiger partial charge in [-0.15, -0.1) is 0 Å². The van der Waals surface area contributed by atoms with Crippen molar-refractivity contribution in [3.8, 4) is 6.07 Å². The van der Waals surface area contributed by atoms with Crippen molar-refractivity contribution in [3.05, 3.63) is 29.6 Å². The Morgan fingerprint density at radius 2 is 2.40 bits per heavy atom. The van der Waals surface area contributed by atoms with Crippen LogP contribution in [0.1, 0.15) is 25.3 Å². The van der Waals surface area contributed by atoms with E-state index in [0.717, 1.165) is 19.4 Å². The van der Waals surface area contributed by atoms with Crippen LogP contribution in [0.2, 0.25) is 0 Å². The largest absolute Gasteiger partial charge is 0.466 e. The minimum absolute atomic E-state index is 0.180. The Morgan fingerprint density at radius 1 is 1.60 bits per heavy atom. The smallest absolute Gasteiger partial charge is 0.310 e. The van der Waals surface area contributed by atoms with E-state index < -0.39 is 5.82 Å². The SMILES string of the molecule is CCOC(=O)C1CCCN(c2ccc(F)cc2C#N)C1. The molecule has 0 spiro atoms. The Morgan fingerprint density at radius 3 is 3.10 bits per heavy atom. The Hall–Kier alpha value is -2.09. The van der Waals surface area contributed by atoms with Gasteiger partial charge in [-0.25, -0.2) is 4.39 Å². The summed E-state index contributed by atoms with van der Waals surface area (Å²) in [6, 6.07) is 6.17. The summed E-state index contributed by atoms with van der Waals surface area (Å²) in [5.74, 6) is -0.803. The van der Waals surface area contributed by atoms with Gasteiger partial charge in [0.05, 0.1) is 23.8 Å². The second kappa shape index (κ2) is 6.38.